The second-order valence-corrected chi connectivity index (χ2v) is 41.5. The van der Waals surface area contributed by atoms with E-state index in [0.717, 1.165) is 6.42 Å². The van der Waals surface area contributed by atoms with Crippen LogP contribution in [0.25, 0.3) is 17.2 Å². The maximum atomic E-state index is 2.80. The second kappa shape index (κ2) is 9.01. The van der Waals surface area contributed by atoms with Gasteiger partial charge in [-0.25, -0.2) is 0 Å². The first-order chi connectivity index (χ1) is 18.6. The Bertz CT molecular complexity index is 1750. The van der Waals surface area contributed by atoms with Crippen LogP contribution in [0.3, 0.4) is 0 Å². The molecule has 2 aliphatic carbocycles. The number of hydrogen-bond acceptors (Lipinski definition) is 0. The Morgan fingerprint density at radius 2 is 1.21 bits per heavy atom. The first kappa shape index (κ1) is 24.0. The molecule has 0 amide bonds. The molecule has 5 aromatic carbocycles. The van der Waals surface area contributed by atoms with E-state index >= 15 is 0 Å². The van der Waals surface area contributed by atoms with E-state index in [0.29, 0.717) is 3.63 Å². The van der Waals surface area contributed by atoms with E-state index in [1.807, 2.05) is 0 Å². The van der Waals surface area contributed by atoms with Crippen LogP contribution in [-0.2, 0) is 23.8 Å². The summed E-state index contributed by atoms with van der Waals surface area (Å²) in [4.78, 5) is 0. The Morgan fingerprint density at radius 1 is 0.605 bits per heavy atom. The van der Waals surface area contributed by atoms with Crippen molar-refractivity contribution in [3.63, 3.8) is 0 Å². The molecule has 7 rings (SSSR count). The minimum absolute atomic E-state index is 0.456. The Hall–Kier alpha value is -3.06. The molecular formula is C36H32SiZr. The zero-order valence-electron chi connectivity index (χ0n) is 22.1. The summed E-state index contributed by atoms with van der Waals surface area (Å²) in [6, 6.07) is 48.5. The molecule has 38 heavy (non-hydrogen) atoms. The van der Waals surface area contributed by atoms with Crippen LogP contribution in [0.1, 0.15) is 25.9 Å². The molecule has 184 valence electrons. The van der Waals surface area contributed by atoms with Gasteiger partial charge in [0.2, 0.25) is 0 Å². The van der Waals surface area contributed by atoms with Crippen molar-refractivity contribution < 1.29 is 17.4 Å². The summed E-state index contributed by atoms with van der Waals surface area (Å²) in [6.45, 7) is 0. The van der Waals surface area contributed by atoms with Gasteiger partial charge in [-0.2, -0.15) is 0 Å². The number of rotatable bonds is 4. The van der Waals surface area contributed by atoms with Crippen molar-refractivity contribution in [3.05, 3.63) is 156 Å². The molecule has 0 fully saturated rings. The van der Waals surface area contributed by atoms with Crippen LogP contribution in [0.5, 0.6) is 0 Å². The summed E-state index contributed by atoms with van der Waals surface area (Å²) in [6.07, 6.45) is 6.05. The normalized spacial score (nSPS) is 15.6. The first-order valence-electron chi connectivity index (χ1n) is 13.7. The average Bonchev–Trinajstić information content (AvgIpc) is 3.57. The Kier molecular flexibility index (Phi) is 5.69. The van der Waals surface area contributed by atoms with Gasteiger partial charge in [-0.3, -0.25) is 0 Å². The molecule has 1 unspecified atom stereocenters. The fourth-order valence-electron chi connectivity index (χ4n) is 7.61. The summed E-state index contributed by atoms with van der Waals surface area (Å²) in [5.41, 5.74) is 7.73. The number of hydrogen-bond donors (Lipinski definition) is 0. The zero-order valence-corrected chi connectivity index (χ0v) is 25.5. The Morgan fingerprint density at radius 3 is 1.95 bits per heavy atom. The standard InChI is InChI=1S/C13H9.C12H10Si.C9H7.2CH3.Zr/c1-3-7-12-10(5-1)9-11-6-2-4-8-13(11)12;1-3-7-11(8-4-1)13-12-9-5-2-6-10-12;1-2-5-9-7-3-6-8(9)4-1;;;/h1-5,7-8H,9H2;1-10H;1-7H;2*1H3;. The van der Waals surface area contributed by atoms with Gasteiger partial charge in [-0.1, -0.05) is 0 Å². The van der Waals surface area contributed by atoms with Crippen molar-refractivity contribution in [1.29, 1.82) is 0 Å². The molecule has 0 N–H and O–H groups in total. The SMILES string of the molecule is [CH3][Zr]([CH3])([c]1cccc2c1Cc1ccccc1-2)([CH]1C=Cc2ccccc21)=[Si](c1ccccc1)c1ccccc1. The molecule has 0 heterocycles. The van der Waals surface area contributed by atoms with Gasteiger partial charge in [0.15, 0.2) is 0 Å². The molecule has 2 heteroatoms. The van der Waals surface area contributed by atoms with E-state index in [1.54, 1.807) is 19.2 Å². The molecule has 5 aromatic rings. The van der Waals surface area contributed by atoms with Gasteiger partial charge in [0.1, 0.15) is 0 Å². The summed E-state index contributed by atoms with van der Waals surface area (Å²) in [5.74, 6) is 0. The molecule has 0 bridgehead atoms. The van der Waals surface area contributed by atoms with Crippen molar-refractivity contribution >= 4 is 25.2 Å². The molecule has 0 spiro atoms. The summed E-state index contributed by atoms with van der Waals surface area (Å²) in [7, 11) is 0. The van der Waals surface area contributed by atoms with E-state index in [2.05, 4.69) is 149 Å². The number of fused-ring (bicyclic) bond motifs is 4. The van der Waals surface area contributed by atoms with E-state index in [-0.39, 0.29) is 0 Å². The van der Waals surface area contributed by atoms with Crippen LogP contribution in [0.4, 0.5) is 0 Å². The van der Waals surface area contributed by atoms with Gasteiger partial charge in [-0.15, -0.1) is 0 Å². The Labute approximate surface area is 227 Å². The molecule has 0 saturated heterocycles. The fourth-order valence-corrected chi connectivity index (χ4v) is 43.8. The molecular weight excluding hydrogens is 552 g/mol. The van der Waals surface area contributed by atoms with E-state index in [4.69, 9.17) is 0 Å². The summed E-state index contributed by atoms with van der Waals surface area (Å²) >= 11 is -4.06. The zero-order chi connectivity index (χ0) is 25.8. The van der Waals surface area contributed by atoms with Crippen LogP contribution >= 0.6 is 0 Å². The predicted octanol–water partition coefficient (Wildman–Crippen LogP) is 7.24. The van der Waals surface area contributed by atoms with Crippen LogP contribution < -0.4 is 13.6 Å². The van der Waals surface area contributed by atoms with Crippen LogP contribution in [0.15, 0.2) is 133 Å². The first-order valence-corrected chi connectivity index (χ1v) is 26.5. The topological polar surface area (TPSA) is 0 Å². The Balaban J connectivity index is 1.67. The molecule has 0 radical (unpaired) electrons. The van der Waals surface area contributed by atoms with E-state index in [1.165, 1.54) is 27.8 Å². The molecule has 2 aliphatic rings. The second-order valence-electron chi connectivity index (χ2n) is 11.7. The van der Waals surface area contributed by atoms with E-state index in [9.17, 15) is 0 Å². The quantitative estimate of drug-likeness (QED) is 0.192. The van der Waals surface area contributed by atoms with Gasteiger partial charge in [0.25, 0.3) is 0 Å². The molecule has 0 aliphatic heterocycles. The number of allylic oxidation sites excluding steroid dienone is 1. The van der Waals surface area contributed by atoms with Gasteiger partial charge in [-0.05, 0) is 0 Å². The minimum atomic E-state index is -4.06. The van der Waals surface area contributed by atoms with Crippen molar-refractivity contribution in [2.24, 2.45) is 0 Å². The van der Waals surface area contributed by atoms with Gasteiger partial charge in [0.05, 0.1) is 0 Å². The maximum absolute atomic E-state index is 4.06. The third kappa shape index (κ3) is 3.50. The van der Waals surface area contributed by atoms with Crippen molar-refractivity contribution in [2.45, 2.75) is 19.3 Å². The van der Waals surface area contributed by atoms with Crippen LogP contribution in [-0.4, -0.2) is 5.43 Å². The molecule has 0 aromatic heterocycles. The van der Waals surface area contributed by atoms with Crippen molar-refractivity contribution in [3.8, 4) is 11.1 Å². The van der Waals surface area contributed by atoms with Gasteiger partial charge in [0, 0.05) is 0 Å². The van der Waals surface area contributed by atoms with Gasteiger partial charge < -0.3 is 0 Å². The van der Waals surface area contributed by atoms with E-state index < -0.39 is 22.8 Å². The fraction of sp³-hybridized carbons (Fsp3) is 0.111. The summed E-state index contributed by atoms with van der Waals surface area (Å²) in [5, 5.41) is 3.09. The van der Waals surface area contributed by atoms with Crippen LogP contribution in [0, 0.1) is 0 Å². The molecule has 1 atom stereocenters. The van der Waals surface area contributed by atoms with Crippen molar-refractivity contribution in [1.82, 2.24) is 0 Å². The summed E-state index contributed by atoms with van der Waals surface area (Å²) < 4.78 is 7.75. The third-order valence-corrected chi connectivity index (χ3v) is 42.8. The van der Waals surface area contributed by atoms with Gasteiger partial charge >= 0.3 is 229 Å². The predicted molar refractivity (Wildman–Crippen MR) is 162 cm³/mol. The average molecular weight is 584 g/mol. The van der Waals surface area contributed by atoms with Crippen LogP contribution in [0.2, 0.25) is 9.26 Å². The monoisotopic (exact) mass is 582 g/mol. The van der Waals surface area contributed by atoms with Crippen molar-refractivity contribution in [2.75, 3.05) is 0 Å². The number of benzene rings is 5. The molecule has 0 nitrogen and oxygen atoms in total. The molecule has 0 saturated carbocycles. The third-order valence-electron chi connectivity index (χ3n) is 9.31.